The average molecular weight is 359 g/mol. The van der Waals surface area contributed by atoms with Crippen molar-refractivity contribution in [2.75, 3.05) is 5.32 Å². The minimum atomic E-state index is -0.416. The number of carbonyl (C=O) groups is 1. The minimum Gasteiger partial charge on any atom is -0.323 e. The molecule has 1 unspecified atom stereocenters. The minimum absolute atomic E-state index is 0.191. The van der Waals surface area contributed by atoms with Gasteiger partial charge in [-0.1, -0.05) is 0 Å². The molecule has 1 aromatic heterocycles. The fraction of sp³-hybridized carbons (Fsp3) is 0.167. The van der Waals surface area contributed by atoms with Gasteiger partial charge in [0.2, 0.25) is 5.91 Å². The molecule has 0 saturated heterocycles. The Labute approximate surface area is 117 Å². The molecule has 18 heavy (non-hydrogen) atoms. The summed E-state index contributed by atoms with van der Waals surface area (Å²) in [6.45, 7) is 1.75. The highest BCUT2D eigenvalue weighted by Gasteiger charge is 2.16. The van der Waals surface area contributed by atoms with Gasteiger partial charge in [-0.05, 0) is 53.8 Å². The Kier molecular flexibility index (Phi) is 3.95. The fourth-order valence-corrected chi connectivity index (χ4v) is 2.07. The molecule has 4 nitrogen and oxygen atoms in total. The van der Waals surface area contributed by atoms with Crippen molar-refractivity contribution in [2.45, 2.75) is 13.0 Å². The molecule has 6 heteroatoms. The molecule has 0 spiro atoms. The maximum atomic E-state index is 12.9. The summed E-state index contributed by atoms with van der Waals surface area (Å²) in [5, 5.41) is 6.76. The van der Waals surface area contributed by atoms with Gasteiger partial charge in [0.1, 0.15) is 11.9 Å². The summed E-state index contributed by atoms with van der Waals surface area (Å²) >= 11 is 1.98. The SMILES string of the molecule is CC(C(=O)Nc1ccc(F)cc1I)n1cccn1. The van der Waals surface area contributed by atoms with Crippen LogP contribution in [0.1, 0.15) is 13.0 Å². The summed E-state index contributed by atoms with van der Waals surface area (Å²) in [4.78, 5) is 12.0. The number of aromatic nitrogens is 2. The standard InChI is InChI=1S/C12H11FIN3O/c1-8(17-6-2-5-15-17)12(18)16-11-4-3-9(13)7-10(11)14/h2-8H,1H3,(H,16,18). The predicted octanol–water partition coefficient (Wildman–Crippen LogP) is 2.83. The molecule has 0 radical (unpaired) electrons. The molecule has 2 aromatic rings. The molecule has 0 aliphatic rings. The highest BCUT2D eigenvalue weighted by atomic mass is 127. The highest BCUT2D eigenvalue weighted by molar-refractivity contribution is 14.1. The van der Waals surface area contributed by atoms with E-state index >= 15 is 0 Å². The number of nitrogens with zero attached hydrogens (tertiary/aromatic N) is 2. The Morgan fingerprint density at radius 2 is 2.33 bits per heavy atom. The first-order valence-electron chi connectivity index (χ1n) is 5.33. The van der Waals surface area contributed by atoms with E-state index in [0.29, 0.717) is 9.26 Å². The maximum absolute atomic E-state index is 12.9. The van der Waals surface area contributed by atoms with Crippen LogP contribution in [0.2, 0.25) is 0 Å². The van der Waals surface area contributed by atoms with Crippen LogP contribution in [0, 0.1) is 9.39 Å². The molecule has 0 aliphatic carbocycles. The van der Waals surface area contributed by atoms with Gasteiger partial charge in [-0.15, -0.1) is 0 Å². The smallest absolute Gasteiger partial charge is 0.248 e. The lowest BCUT2D eigenvalue weighted by atomic mass is 10.2. The number of hydrogen-bond donors (Lipinski definition) is 1. The highest BCUT2D eigenvalue weighted by Crippen LogP contribution is 2.20. The molecule has 1 amide bonds. The lowest BCUT2D eigenvalue weighted by molar-refractivity contribution is -0.119. The summed E-state index contributed by atoms with van der Waals surface area (Å²) in [5.74, 6) is -0.513. The molecule has 0 saturated carbocycles. The Morgan fingerprint density at radius 1 is 1.56 bits per heavy atom. The Balaban J connectivity index is 2.12. The fourth-order valence-electron chi connectivity index (χ4n) is 1.46. The van der Waals surface area contributed by atoms with Crippen LogP contribution in [0.15, 0.2) is 36.7 Å². The molecule has 0 aliphatic heterocycles. The molecule has 1 heterocycles. The monoisotopic (exact) mass is 359 g/mol. The molecular formula is C12H11FIN3O. The van der Waals surface area contributed by atoms with E-state index in [9.17, 15) is 9.18 Å². The van der Waals surface area contributed by atoms with Crippen molar-refractivity contribution in [1.29, 1.82) is 0 Å². The second-order valence-electron chi connectivity index (χ2n) is 3.78. The van der Waals surface area contributed by atoms with E-state index in [0.717, 1.165) is 0 Å². The first kappa shape index (κ1) is 13.0. The van der Waals surface area contributed by atoms with Crippen molar-refractivity contribution in [3.63, 3.8) is 0 Å². The van der Waals surface area contributed by atoms with E-state index in [4.69, 9.17) is 0 Å². The Morgan fingerprint density at radius 3 is 2.94 bits per heavy atom. The van der Waals surface area contributed by atoms with E-state index in [1.54, 1.807) is 36.1 Å². The van der Waals surface area contributed by atoms with Gasteiger partial charge in [0.05, 0.1) is 5.69 Å². The lowest BCUT2D eigenvalue weighted by Gasteiger charge is -2.13. The number of amides is 1. The average Bonchev–Trinajstić information content (AvgIpc) is 2.85. The van der Waals surface area contributed by atoms with E-state index in [1.807, 2.05) is 22.6 Å². The van der Waals surface area contributed by atoms with Crippen LogP contribution >= 0.6 is 22.6 Å². The second kappa shape index (κ2) is 5.47. The predicted molar refractivity (Wildman–Crippen MR) is 74.7 cm³/mol. The van der Waals surface area contributed by atoms with E-state index in [2.05, 4.69) is 10.4 Å². The van der Waals surface area contributed by atoms with Crippen LogP contribution in [0.4, 0.5) is 10.1 Å². The van der Waals surface area contributed by atoms with Gasteiger partial charge in [0.25, 0.3) is 0 Å². The van der Waals surface area contributed by atoms with E-state index in [-0.39, 0.29) is 11.7 Å². The van der Waals surface area contributed by atoms with Crippen molar-refractivity contribution >= 4 is 34.2 Å². The zero-order chi connectivity index (χ0) is 13.1. The second-order valence-corrected chi connectivity index (χ2v) is 4.94. The lowest BCUT2D eigenvalue weighted by Crippen LogP contribution is -2.24. The Bertz CT molecular complexity index is 556. The topological polar surface area (TPSA) is 46.9 Å². The quantitative estimate of drug-likeness (QED) is 0.857. The molecule has 1 N–H and O–H groups in total. The summed E-state index contributed by atoms with van der Waals surface area (Å²) in [5.41, 5.74) is 0.598. The van der Waals surface area contributed by atoms with E-state index < -0.39 is 6.04 Å². The van der Waals surface area contributed by atoms with Crippen molar-refractivity contribution in [3.05, 3.63) is 46.0 Å². The molecule has 1 aromatic carbocycles. The summed E-state index contributed by atoms with van der Waals surface area (Å²) in [6.07, 6.45) is 3.34. The number of rotatable bonds is 3. The molecule has 1 atom stereocenters. The van der Waals surface area contributed by atoms with Crippen molar-refractivity contribution in [2.24, 2.45) is 0 Å². The maximum Gasteiger partial charge on any atom is 0.248 e. The van der Waals surface area contributed by atoms with Crippen LogP contribution < -0.4 is 5.32 Å². The van der Waals surface area contributed by atoms with Gasteiger partial charge >= 0.3 is 0 Å². The zero-order valence-corrected chi connectivity index (χ0v) is 11.8. The summed E-state index contributed by atoms with van der Waals surface area (Å²) < 4.78 is 15.2. The first-order valence-corrected chi connectivity index (χ1v) is 6.41. The molecule has 94 valence electrons. The number of anilines is 1. The van der Waals surface area contributed by atoms with Crippen LogP contribution in [0.25, 0.3) is 0 Å². The van der Waals surface area contributed by atoms with Crippen molar-refractivity contribution < 1.29 is 9.18 Å². The zero-order valence-electron chi connectivity index (χ0n) is 9.60. The first-order chi connectivity index (χ1) is 8.58. The van der Waals surface area contributed by atoms with Crippen molar-refractivity contribution in [1.82, 2.24) is 9.78 Å². The third kappa shape index (κ3) is 2.87. The van der Waals surface area contributed by atoms with Crippen molar-refractivity contribution in [3.8, 4) is 0 Å². The third-order valence-electron chi connectivity index (χ3n) is 2.49. The molecule has 0 bridgehead atoms. The largest absolute Gasteiger partial charge is 0.323 e. The third-order valence-corrected chi connectivity index (χ3v) is 3.38. The van der Waals surface area contributed by atoms with Crippen LogP contribution in [-0.4, -0.2) is 15.7 Å². The summed E-state index contributed by atoms with van der Waals surface area (Å²) in [6, 6.07) is 5.57. The van der Waals surface area contributed by atoms with Crippen LogP contribution in [0.5, 0.6) is 0 Å². The molecule has 0 fully saturated rings. The van der Waals surface area contributed by atoms with Gasteiger partial charge in [0, 0.05) is 16.0 Å². The van der Waals surface area contributed by atoms with Crippen LogP contribution in [0.3, 0.4) is 0 Å². The van der Waals surface area contributed by atoms with Gasteiger partial charge < -0.3 is 5.32 Å². The van der Waals surface area contributed by atoms with Gasteiger partial charge in [-0.25, -0.2) is 4.39 Å². The van der Waals surface area contributed by atoms with Gasteiger partial charge in [-0.3, -0.25) is 9.48 Å². The normalized spacial score (nSPS) is 12.2. The number of benzene rings is 1. The number of nitrogens with one attached hydrogen (secondary N) is 1. The van der Waals surface area contributed by atoms with Gasteiger partial charge in [0.15, 0.2) is 0 Å². The summed E-state index contributed by atoms with van der Waals surface area (Å²) in [7, 11) is 0. The van der Waals surface area contributed by atoms with Gasteiger partial charge in [-0.2, -0.15) is 5.10 Å². The molecule has 2 rings (SSSR count). The number of hydrogen-bond acceptors (Lipinski definition) is 2. The van der Waals surface area contributed by atoms with Crippen LogP contribution in [-0.2, 0) is 4.79 Å². The number of halogens is 2. The van der Waals surface area contributed by atoms with E-state index in [1.165, 1.54) is 12.1 Å². The molecular weight excluding hydrogens is 348 g/mol. The number of carbonyl (C=O) groups excluding carboxylic acids is 1. The Hall–Kier alpha value is -1.44.